The van der Waals surface area contributed by atoms with E-state index in [9.17, 15) is 0 Å². The highest BCUT2D eigenvalue weighted by Gasteiger charge is 2.08. The van der Waals surface area contributed by atoms with E-state index in [0.717, 1.165) is 28.2 Å². The van der Waals surface area contributed by atoms with Crippen molar-refractivity contribution in [1.29, 1.82) is 0 Å². The van der Waals surface area contributed by atoms with E-state index in [-0.39, 0.29) is 0 Å². The fourth-order valence-corrected chi connectivity index (χ4v) is 2.29. The van der Waals surface area contributed by atoms with Crippen molar-refractivity contribution in [3.63, 3.8) is 0 Å². The molecule has 2 rings (SSSR count). The highest BCUT2D eigenvalue weighted by molar-refractivity contribution is 6.24. The van der Waals surface area contributed by atoms with Gasteiger partial charge in [-0.1, -0.05) is 36.4 Å². The zero-order valence-corrected chi connectivity index (χ0v) is 12.4. The highest BCUT2D eigenvalue weighted by atomic mass is 35.5. The molecule has 0 aliphatic heterocycles. The van der Waals surface area contributed by atoms with E-state index >= 15 is 0 Å². The third-order valence-electron chi connectivity index (χ3n) is 3.07. The first-order chi connectivity index (χ1) is 9.80. The summed E-state index contributed by atoms with van der Waals surface area (Å²) in [6.07, 6.45) is 2.03. The van der Waals surface area contributed by atoms with E-state index < -0.39 is 0 Å². The third-order valence-corrected chi connectivity index (χ3v) is 3.35. The summed E-state index contributed by atoms with van der Waals surface area (Å²) in [5.41, 5.74) is 2.99. The molecule has 3 heteroatoms. The maximum Gasteiger partial charge on any atom is 0.126 e. The fraction of sp³-hybridized carbons (Fsp3) is 0.176. The van der Waals surface area contributed by atoms with E-state index in [0.29, 0.717) is 5.88 Å². The van der Waals surface area contributed by atoms with Crippen molar-refractivity contribution in [2.75, 3.05) is 20.1 Å². The van der Waals surface area contributed by atoms with Crippen LogP contribution in [-0.2, 0) is 0 Å². The van der Waals surface area contributed by atoms with Gasteiger partial charge in [-0.05, 0) is 23.8 Å². The maximum atomic E-state index is 6.11. The number of hydrogen-bond donors (Lipinski definition) is 0. The lowest BCUT2D eigenvalue weighted by Gasteiger charge is -2.11. The summed E-state index contributed by atoms with van der Waals surface area (Å²) in [7, 11) is 3.32. The summed E-state index contributed by atoms with van der Waals surface area (Å²) in [6.45, 7) is 0. The Morgan fingerprint density at radius 2 is 1.55 bits per heavy atom. The van der Waals surface area contributed by atoms with E-state index in [4.69, 9.17) is 21.1 Å². The van der Waals surface area contributed by atoms with Gasteiger partial charge in [-0.15, -0.1) is 11.6 Å². The average molecular weight is 289 g/mol. The van der Waals surface area contributed by atoms with Crippen LogP contribution in [0.3, 0.4) is 0 Å². The number of alkyl halides is 1. The van der Waals surface area contributed by atoms with Gasteiger partial charge in [0.1, 0.15) is 11.5 Å². The van der Waals surface area contributed by atoms with Gasteiger partial charge in [0.15, 0.2) is 0 Å². The Balaban J connectivity index is 2.49. The first-order valence-corrected chi connectivity index (χ1v) is 6.86. The maximum absolute atomic E-state index is 6.11. The number of para-hydroxylation sites is 2. The minimum atomic E-state index is 0.401. The lowest BCUT2D eigenvalue weighted by molar-refractivity contribution is 0.413. The van der Waals surface area contributed by atoms with Crippen molar-refractivity contribution in [1.82, 2.24) is 0 Å². The highest BCUT2D eigenvalue weighted by Crippen LogP contribution is 2.30. The summed E-state index contributed by atoms with van der Waals surface area (Å²) in [5, 5.41) is 0. The molecule has 104 valence electrons. The standard InChI is InChI=1S/C17H17ClO2/c1-19-16-9-5-3-7-13(16)11-14(12-18)15-8-4-6-10-17(15)20-2/h3-11H,12H2,1-2H3/b14-11+. The summed E-state index contributed by atoms with van der Waals surface area (Å²) >= 11 is 6.11. The van der Waals surface area contributed by atoms with Gasteiger partial charge in [-0.3, -0.25) is 0 Å². The molecule has 0 N–H and O–H groups in total. The molecule has 2 nitrogen and oxygen atoms in total. The Morgan fingerprint density at radius 1 is 0.950 bits per heavy atom. The van der Waals surface area contributed by atoms with Gasteiger partial charge in [0, 0.05) is 17.0 Å². The minimum absolute atomic E-state index is 0.401. The normalized spacial score (nSPS) is 11.2. The number of hydrogen-bond acceptors (Lipinski definition) is 2. The molecule has 0 atom stereocenters. The van der Waals surface area contributed by atoms with Crippen molar-refractivity contribution in [3.8, 4) is 11.5 Å². The van der Waals surface area contributed by atoms with Crippen LogP contribution in [0.2, 0.25) is 0 Å². The molecule has 0 heterocycles. The van der Waals surface area contributed by atoms with Gasteiger partial charge >= 0.3 is 0 Å². The first-order valence-electron chi connectivity index (χ1n) is 6.33. The van der Waals surface area contributed by atoms with Crippen molar-refractivity contribution < 1.29 is 9.47 Å². The number of allylic oxidation sites excluding steroid dienone is 1. The van der Waals surface area contributed by atoms with Crippen molar-refractivity contribution >= 4 is 23.3 Å². The smallest absolute Gasteiger partial charge is 0.126 e. The van der Waals surface area contributed by atoms with Crippen LogP contribution in [0.5, 0.6) is 11.5 Å². The van der Waals surface area contributed by atoms with Crippen molar-refractivity contribution in [2.45, 2.75) is 0 Å². The first kappa shape index (κ1) is 14.5. The molecule has 0 radical (unpaired) electrons. The van der Waals surface area contributed by atoms with Crippen LogP contribution in [-0.4, -0.2) is 20.1 Å². The number of ether oxygens (including phenoxy) is 2. The van der Waals surface area contributed by atoms with Crippen LogP contribution in [0, 0.1) is 0 Å². The van der Waals surface area contributed by atoms with Crippen LogP contribution in [0.15, 0.2) is 48.5 Å². The molecule has 0 aromatic heterocycles. The van der Waals surface area contributed by atoms with Crippen molar-refractivity contribution in [2.24, 2.45) is 0 Å². The summed E-state index contributed by atoms with van der Waals surface area (Å²) in [6, 6.07) is 15.7. The SMILES string of the molecule is COc1ccccc1/C=C(\CCl)c1ccccc1OC. The Morgan fingerprint density at radius 3 is 2.20 bits per heavy atom. The lowest BCUT2D eigenvalue weighted by Crippen LogP contribution is -1.93. The summed E-state index contributed by atoms with van der Waals surface area (Å²) < 4.78 is 10.8. The minimum Gasteiger partial charge on any atom is -0.496 e. The fourth-order valence-electron chi connectivity index (χ4n) is 2.07. The molecule has 2 aromatic carbocycles. The number of methoxy groups -OCH3 is 2. The second-order valence-corrected chi connectivity index (χ2v) is 4.51. The molecule has 2 aromatic rings. The molecule has 0 aliphatic carbocycles. The predicted molar refractivity (Wildman–Crippen MR) is 84.6 cm³/mol. The quantitative estimate of drug-likeness (QED) is 0.596. The molecule has 0 bridgehead atoms. The molecular formula is C17H17ClO2. The third kappa shape index (κ3) is 3.14. The largest absolute Gasteiger partial charge is 0.496 e. The number of halogens is 1. The monoisotopic (exact) mass is 288 g/mol. The van der Waals surface area contributed by atoms with Gasteiger partial charge in [-0.25, -0.2) is 0 Å². The van der Waals surface area contributed by atoms with Gasteiger partial charge < -0.3 is 9.47 Å². The molecule has 0 saturated heterocycles. The van der Waals surface area contributed by atoms with E-state index in [1.165, 1.54) is 0 Å². The van der Waals surface area contributed by atoms with Gasteiger partial charge in [0.2, 0.25) is 0 Å². The predicted octanol–water partition coefficient (Wildman–Crippen LogP) is 4.48. The van der Waals surface area contributed by atoms with Crippen molar-refractivity contribution in [3.05, 3.63) is 59.7 Å². The Kier molecular flexibility index (Phi) is 5.08. The van der Waals surface area contributed by atoms with E-state index in [1.807, 2.05) is 54.6 Å². The Labute approximate surface area is 124 Å². The molecule has 0 fully saturated rings. The van der Waals surface area contributed by atoms with Gasteiger partial charge in [0.05, 0.1) is 14.2 Å². The van der Waals surface area contributed by atoms with Crippen LogP contribution in [0.4, 0.5) is 0 Å². The van der Waals surface area contributed by atoms with Gasteiger partial charge in [-0.2, -0.15) is 0 Å². The molecule has 0 saturated carbocycles. The van der Waals surface area contributed by atoms with E-state index in [2.05, 4.69) is 0 Å². The topological polar surface area (TPSA) is 18.5 Å². The summed E-state index contributed by atoms with van der Waals surface area (Å²) in [4.78, 5) is 0. The molecule has 0 amide bonds. The zero-order valence-electron chi connectivity index (χ0n) is 11.6. The average Bonchev–Trinajstić information content (AvgIpc) is 2.53. The molecule has 0 unspecified atom stereocenters. The molecule has 0 aliphatic rings. The second kappa shape index (κ2) is 7.01. The number of rotatable bonds is 5. The number of benzene rings is 2. The van der Waals surface area contributed by atoms with Crippen LogP contribution in [0.25, 0.3) is 11.6 Å². The van der Waals surface area contributed by atoms with E-state index in [1.54, 1.807) is 14.2 Å². The van der Waals surface area contributed by atoms with Crippen LogP contribution >= 0.6 is 11.6 Å². The molecule has 20 heavy (non-hydrogen) atoms. The van der Waals surface area contributed by atoms with Gasteiger partial charge in [0.25, 0.3) is 0 Å². The zero-order chi connectivity index (χ0) is 14.4. The van der Waals surface area contributed by atoms with Crippen LogP contribution in [0.1, 0.15) is 11.1 Å². The Hall–Kier alpha value is -1.93. The lowest BCUT2D eigenvalue weighted by atomic mass is 10.0. The molecular weight excluding hydrogens is 272 g/mol. The molecule has 0 spiro atoms. The Bertz CT molecular complexity index is 605. The van der Waals surface area contributed by atoms with Crippen LogP contribution < -0.4 is 9.47 Å². The second-order valence-electron chi connectivity index (χ2n) is 4.25. The summed E-state index contributed by atoms with van der Waals surface area (Å²) in [5.74, 6) is 2.04.